The number of nitrogens with zero attached hydrogens (tertiary/aromatic N) is 1. The molecule has 1 atom stereocenters. The highest BCUT2D eigenvalue weighted by molar-refractivity contribution is 6.33. The third-order valence-corrected chi connectivity index (χ3v) is 5.06. The van der Waals surface area contributed by atoms with Crippen LogP contribution in [0.3, 0.4) is 0 Å². The smallest absolute Gasteiger partial charge is 0.229 e. The molecule has 0 bridgehead atoms. The molecule has 0 aromatic heterocycles. The maximum Gasteiger partial charge on any atom is 0.229 e. The summed E-state index contributed by atoms with van der Waals surface area (Å²) in [7, 11) is 0. The molecule has 1 N–H and O–H groups in total. The van der Waals surface area contributed by atoms with Crippen LogP contribution in [0.5, 0.6) is 0 Å². The van der Waals surface area contributed by atoms with Gasteiger partial charge in [0.2, 0.25) is 11.8 Å². The fourth-order valence-electron chi connectivity index (χ4n) is 3.10. The number of rotatable bonds is 3. The second-order valence-electron chi connectivity index (χ2n) is 6.60. The summed E-state index contributed by atoms with van der Waals surface area (Å²) in [6.07, 6.45) is 0.211. The average molecular weight is 357 g/mol. The van der Waals surface area contributed by atoms with Crippen molar-refractivity contribution in [2.45, 2.75) is 27.2 Å². The molecule has 2 aromatic carbocycles. The molecule has 5 heteroatoms. The second-order valence-corrected chi connectivity index (χ2v) is 7.00. The highest BCUT2D eigenvalue weighted by atomic mass is 35.5. The Bertz CT molecular complexity index is 848. The summed E-state index contributed by atoms with van der Waals surface area (Å²) < 4.78 is 0. The molecule has 4 nitrogen and oxygen atoms in total. The first-order chi connectivity index (χ1) is 11.9. The maximum absolute atomic E-state index is 12.6. The predicted octanol–water partition coefficient (Wildman–Crippen LogP) is 4.26. The van der Waals surface area contributed by atoms with E-state index < -0.39 is 0 Å². The summed E-state index contributed by atoms with van der Waals surface area (Å²) in [4.78, 5) is 26.7. The number of carbonyl (C=O) groups is 2. The Morgan fingerprint density at radius 3 is 2.68 bits per heavy atom. The first-order valence-electron chi connectivity index (χ1n) is 8.30. The van der Waals surface area contributed by atoms with E-state index in [0.717, 1.165) is 22.4 Å². The van der Waals surface area contributed by atoms with Gasteiger partial charge in [0, 0.05) is 18.7 Å². The predicted molar refractivity (Wildman–Crippen MR) is 101 cm³/mol. The largest absolute Gasteiger partial charge is 0.324 e. The molecule has 0 saturated carbocycles. The number of aryl methyl sites for hydroxylation is 2. The number of nitrogens with one attached hydrogen (secondary N) is 1. The lowest BCUT2D eigenvalue weighted by atomic mass is 10.1. The van der Waals surface area contributed by atoms with Crippen molar-refractivity contribution in [1.29, 1.82) is 0 Å². The zero-order valence-corrected chi connectivity index (χ0v) is 15.4. The van der Waals surface area contributed by atoms with Gasteiger partial charge in [-0.05, 0) is 55.7 Å². The lowest BCUT2D eigenvalue weighted by molar-refractivity contribution is -0.122. The number of hydrogen-bond acceptors (Lipinski definition) is 2. The number of benzene rings is 2. The topological polar surface area (TPSA) is 49.4 Å². The molecule has 3 rings (SSSR count). The Labute approximate surface area is 152 Å². The van der Waals surface area contributed by atoms with Crippen molar-refractivity contribution < 1.29 is 9.59 Å². The summed E-state index contributed by atoms with van der Waals surface area (Å²) in [5.41, 5.74) is 4.69. The van der Waals surface area contributed by atoms with E-state index in [1.807, 2.05) is 45.0 Å². The van der Waals surface area contributed by atoms with Crippen LogP contribution in [0.2, 0.25) is 5.02 Å². The van der Waals surface area contributed by atoms with Crippen LogP contribution in [-0.4, -0.2) is 18.4 Å². The van der Waals surface area contributed by atoms with E-state index in [-0.39, 0.29) is 24.2 Å². The molecule has 1 fully saturated rings. The zero-order valence-electron chi connectivity index (χ0n) is 14.6. The van der Waals surface area contributed by atoms with Gasteiger partial charge in [0.15, 0.2) is 0 Å². The van der Waals surface area contributed by atoms with Crippen molar-refractivity contribution in [3.63, 3.8) is 0 Å². The molecule has 2 amide bonds. The average Bonchev–Trinajstić information content (AvgIpc) is 2.94. The number of halogens is 1. The van der Waals surface area contributed by atoms with E-state index in [2.05, 4.69) is 5.32 Å². The molecule has 130 valence electrons. The van der Waals surface area contributed by atoms with E-state index in [1.54, 1.807) is 17.0 Å². The number of carbonyl (C=O) groups excluding carboxylic acids is 2. The van der Waals surface area contributed by atoms with Gasteiger partial charge in [0.25, 0.3) is 0 Å². The molecular weight excluding hydrogens is 336 g/mol. The van der Waals surface area contributed by atoms with Gasteiger partial charge in [-0.2, -0.15) is 0 Å². The Hall–Kier alpha value is -2.33. The number of anilines is 2. The first-order valence-corrected chi connectivity index (χ1v) is 8.68. The van der Waals surface area contributed by atoms with Crippen LogP contribution in [0.1, 0.15) is 23.1 Å². The van der Waals surface area contributed by atoms with Crippen LogP contribution < -0.4 is 10.2 Å². The van der Waals surface area contributed by atoms with Crippen LogP contribution in [0.4, 0.5) is 11.4 Å². The van der Waals surface area contributed by atoms with Gasteiger partial charge in [-0.1, -0.05) is 29.8 Å². The van der Waals surface area contributed by atoms with Crippen LogP contribution in [0.15, 0.2) is 36.4 Å². The van der Waals surface area contributed by atoms with Gasteiger partial charge in [-0.3, -0.25) is 9.59 Å². The maximum atomic E-state index is 12.6. The van der Waals surface area contributed by atoms with Crippen LogP contribution in [-0.2, 0) is 9.59 Å². The van der Waals surface area contributed by atoms with E-state index >= 15 is 0 Å². The lowest BCUT2D eigenvalue weighted by Crippen LogP contribution is -2.28. The number of hydrogen-bond donors (Lipinski definition) is 1. The summed E-state index contributed by atoms with van der Waals surface area (Å²) in [6, 6.07) is 11.4. The Balaban J connectivity index is 1.75. The minimum atomic E-state index is -0.384. The molecule has 2 aromatic rings. The number of amides is 2. The normalized spacial score (nSPS) is 17.0. The molecule has 25 heavy (non-hydrogen) atoms. The Morgan fingerprint density at radius 1 is 1.20 bits per heavy atom. The molecule has 1 saturated heterocycles. The van der Waals surface area contributed by atoms with Gasteiger partial charge >= 0.3 is 0 Å². The van der Waals surface area contributed by atoms with Crippen molar-refractivity contribution in [3.8, 4) is 0 Å². The van der Waals surface area contributed by atoms with Crippen molar-refractivity contribution in [2.24, 2.45) is 5.92 Å². The fourth-order valence-corrected chi connectivity index (χ4v) is 3.38. The minimum Gasteiger partial charge on any atom is -0.324 e. The van der Waals surface area contributed by atoms with Gasteiger partial charge in [0.05, 0.1) is 16.6 Å². The third kappa shape index (κ3) is 3.54. The molecule has 1 aliphatic heterocycles. The monoisotopic (exact) mass is 356 g/mol. The lowest BCUT2D eigenvalue weighted by Gasteiger charge is -2.20. The first kappa shape index (κ1) is 17.5. The van der Waals surface area contributed by atoms with E-state index in [4.69, 9.17) is 11.6 Å². The van der Waals surface area contributed by atoms with Crippen molar-refractivity contribution in [1.82, 2.24) is 0 Å². The zero-order chi connectivity index (χ0) is 18.1. The quantitative estimate of drug-likeness (QED) is 0.893. The molecule has 0 aliphatic carbocycles. The SMILES string of the molecule is Cc1ccc(NC(=O)[C@H]2CC(=O)N(c3cccc(C)c3C)C2)c(Cl)c1. The standard InChI is InChI=1S/C20H21ClN2O2/c1-12-7-8-17(16(21)9-12)22-20(25)15-10-19(24)23(11-15)18-6-4-5-13(2)14(18)3/h4-9,15H,10-11H2,1-3H3,(H,22,25)/t15-/m0/s1. The van der Waals surface area contributed by atoms with Crippen molar-refractivity contribution in [2.75, 3.05) is 16.8 Å². The Kier molecular flexibility index (Phi) is 4.82. The molecule has 0 spiro atoms. The molecule has 0 radical (unpaired) electrons. The Morgan fingerprint density at radius 2 is 1.96 bits per heavy atom. The third-order valence-electron chi connectivity index (χ3n) is 4.75. The van der Waals surface area contributed by atoms with Crippen LogP contribution >= 0.6 is 11.6 Å². The van der Waals surface area contributed by atoms with Gasteiger partial charge < -0.3 is 10.2 Å². The van der Waals surface area contributed by atoms with E-state index in [9.17, 15) is 9.59 Å². The fraction of sp³-hybridized carbons (Fsp3) is 0.300. The summed E-state index contributed by atoms with van der Waals surface area (Å²) in [6.45, 7) is 6.34. The highest BCUT2D eigenvalue weighted by Crippen LogP contribution is 2.30. The van der Waals surface area contributed by atoms with E-state index in [0.29, 0.717) is 17.3 Å². The summed E-state index contributed by atoms with van der Waals surface area (Å²) in [5, 5.41) is 3.35. The second kappa shape index (κ2) is 6.89. The minimum absolute atomic E-state index is 0.0242. The highest BCUT2D eigenvalue weighted by Gasteiger charge is 2.35. The van der Waals surface area contributed by atoms with Crippen molar-refractivity contribution in [3.05, 3.63) is 58.1 Å². The van der Waals surface area contributed by atoms with Crippen molar-refractivity contribution >= 4 is 34.8 Å². The summed E-state index contributed by atoms with van der Waals surface area (Å²) in [5.74, 6) is -0.583. The van der Waals surface area contributed by atoms with Gasteiger partial charge in [-0.25, -0.2) is 0 Å². The summed E-state index contributed by atoms with van der Waals surface area (Å²) >= 11 is 6.18. The van der Waals surface area contributed by atoms with Crippen LogP contribution in [0, 0.1) is 26.7 Å². The molecule has 0 unspecified atom stereocenters. The van der Waals surface area contributed by atoms with Gasteiger partial charge in [-0.15, -0.1) is 0 Å². The molecule has 1 aliphatic rings. The van der Waals surface area contributed by atoms with E-state index in [1.165, 1.54) is 0 Å². The van der Waals surface area contributed by atoms with Gasteiger partial charge in [0.1, 0.15) is 0 Å². The molecular formula is C20H21ClN2O2. The molecule has 1 heterocycles. The van der Waals surface area contributed by atoms with Crippen LogP contribution in [0.25, 0.3) is 0 Å².